The van der Waals surface area contributed by atoms with Crippen molar-refractivity contribution in [3.63, 3.8) is 0 Å². The maximum Gasteiger partial charge on any atom is 0.260 e. The van der Waals surface area contributed by atoms with Gasteiger partial charge >= 0.3 is 0 Å². The SMILES string of the molecule is CCCCCOc1ccc(C(=O)N(CC2CCCO2)c2nc3c(OCC)cccc3s2)cc1. The van der Waals surface area contributed by atoms with Gasteiger partial charge in [-0.3, -0.25) is 9.69 Å². The number of unbranched alkanes of at least 4 members (excludes halogenated alkanes) is 2. The van der Waals surface area contributed by atoms with Crippen molar-refractivity contribution in [1.82, 2.24) is 4.98 Å². The van der Waals surface area contributed by atoms with Crippen molar-refractivity contribution >= 4 is 32.6 Å². The van der Waals surface area contributed by atoms with Gasteiger partial charge in [0.25, 0.3) is 5.91 Å². The fraction of sp³-hybridized carbons (Fsp3) is 0.462. The summed E-state index contributed by atoms with van der Waals surface area (Å²) in [5, 5.41) is 0.664. The molecule has 0 N–H and O–H groups in total. The lowest BCUT2D eigenvalue weighted by Gasteiger charge is -2.23. The normalized spacial score (nSPS) is 15.6. The van der Waals surface area contributed by atoms with Crippen molar-refractivity contribution in [2.24, 2.45) is 0 Å². The zero-order valence-electron chi connectivity index (χ0n) is 19.4. The molecule has 1 atom stereocenters. The highest BCUT2D eigenvalue weighted by Crippen LogP contribution is 2.35. The molecule has 6 nitrogen and oxygen atoms in total. The molecule has 1 saturated heterocycles. The molecule has 3 aromatic rings. The van der Waals surface area contributed by atoms with Crippen molar-refractivity contribution in [1.29, 1.82) is 0 Å². The number of anilines is 1. The van der Waals surface area contributed by atoms with Crippen LogP contribution in [0.5, 0.6) is 11.5 Å². The Morgan fingerprint density at radius 2 is 2.00 bits per heavy atom. The summed E-state index contributed by atoms with van der Waals surface area (Å²) in [5.41, 5.74) is 1.40. The van der Waals surface area contributed by atoms with E-state index >= 15 is 0 Å². The third kappa shape index (κ3) is 5.84. The van der Waals surface area contributed by atoms with Crippen LogP contribution in [0.4, 0.5) is 5.13 Å². The number of para-hydroxylation sites is 1. The van der Waals surface area contributed by atoms with E-state index in [1.807, 2.05) is 49.4 Å². The Morgan fingerprint density at radius 3 is 2.73 bits per heavy atom. The molecular formula is C26H32N2O4S. The molecule has 0 bridgehead atoms. The monoisotopic (exact) mass is 468 g/mol. The Hall–Kier alpha value is -2.64. The molecule has 2 heterocycles. The Morgan fingerprint density at radius 1 is 1.15 bits per heavy atom. The number of hydrogen-bond donors (Lipinski definition) is 0. The van der Waals surface area contributed by atoms with Gasteiger partial charge < -0.3 is 14.2 Å². The van der Waals surface area contributed by atoms with Crippen LogP contribution in [0, 0.1) is 0 Å². The third-order valence-electron chi connectivity index (χ3n) is 5.67. The van der Waals surface area contributed by atoms with E-state index in [1.54, 1.807) is 4.90 Å². The number of nitrogens with zero attached hydrogens (tertiary/aromatic N) is 2. The van der Waals surface area contributed by atoms with Gasteiger partial charge in [0.1, 0.15) is 17.0 Å². The van der Waals surface area contributed by atoms with Gasteiger partial charge in [0.05, 0.1) is 30.6 Å². The van der Waals surface area contributed by atoms with E-state index in [9.17, 15) is 4.79 Å². The van der Waals surface area contributed by atoms with Gasteiger partial charge in [-0.25, -0.2) is 4.98 Å². The van der Waals surface area contributed by atoms with Crippen molar-refractivity contribution in [2.45, 2.75) is 52.1 Å². The second kappa shape index (κ2) is 11.5. The van der Waals surface area contributed by atoms with E-state index in [-0.39, 0.29) is 12.0 Å². The summed E-state index contributed by atoms with van der Waals surface area (Å²) >= 11 is 1.50. The van der Waals surface area contributed by atoms with Crippen molar-refractivity contribution in [3.05, 3.63) is 48.0 Å². The predicted molar refractivity (Wildman–Crippen MR) is 133 cm³/mol. The smallest absolute Gasteiger partial charge is 0.260 e. The quantitative estimate of drug-likeness (QED) is 0.319. The zero-order chi connectivity index (χ0) is 23.0. The summed E-state index contributed by atoms with van der Waals surface area (Å²) in [4.78, 5) is 20.2. The van der Waals surface area contributed by atoms with Gasteiger partial charge in [0.2, 0.25) is 0 Å². The number of fused-ring (bicyclic) bond motifs is 1. The van der Waals surface area contributed by atoms with Crippen molar-refractivity contribution < 1.29 is 19.0 Å². The van der Waals surface area contributed by atoms with Gasteiger partial charge in [0.15, 0.2) is 5.13 Å². The Kier molecular flexibility index (Phi) is 8.18. The van der Waals surface area contributed by atoms with E-state index in [0.29, 0.717) is 30.5 Å². The topological polar surface area (TPSA) is 60.9 Å². The highest BCUT2D eigenvalue weighted by atomic mass is 32.1. The first-order chi connectivity index (χ1) is 16.2. The average molecular weight is 469 g/mol. The zero-order valence-corrected chi connectivity index (χ0v) is 20.2. The summed E-state index contributed by atoms with van der Waals surface area (Å²) < 4.78 is 18.4. The lowest BCUT2D eigenvalue weighted by atomic mass is 10.1. The lowest BCUT2D eigenvalue weighted by Crippen LogP contribution is -2.37. The molecule has 1 aliphatic heterocycles. The molecule has 0 radical (unpaired) electrons. The molecule has 1 aromatic heterocycles. The van der Waals surface area contributed by atoms with Crippen LogP contribution in [0.2, 0.25) is 0 Å². The maximum absolute atomic E-state index is 13.6. The highest BCUT2D eigenvalue weighted by Gasteiger charge is 2.27. The van der Waals surface area contributed by atoms with Crippen molar-refractivity contribution in [2.75, 3.05) is 31.3 Å². The van der Waals surface area contributed by atoms with Crippen LogP contribution >= 0.6 is 11.3 Å². The molecule has 1 fully saturated rings. The van der Waals surface area contributed by atoms with E-state index in [0.717, 1.165) is 60.4 Å². The van der Waals surface area contributed by atoms with Crippen molar-refractivity contribution in [3.8, 4) is 11.5 Å². The number of aromatic nitrogens is 1. The number of carbonyl (C=O) groups excluding carboxylic acids is 1. The van der Waals surface area contributed by atoms with Gasteiger partial charge in [-0.1, -0.05) is 37.2 Å². The number of benzene rings is 2. The number of hydrogen-bond acceptors (Lipinski definition) is 6. The molecular weight excluding hydrogens is 436 g/mol. The summed E-state index contributed by atoms with van der Waals surface area (Å²) in [6.45, 7) is 6.61. The Labute approximate surface area is 199 Å². The standard InChI is InChI=1S/C26H32N2O4S/c1-3-5-6-16-31-20-14-12-19(13-15-20)25(29)28(18-21-9-8-17-32-21)26-27-24-22(30-4-2)10-7-11-23(24)33-26/h7,10-15,21H,3-6,8-9,16-18H2,1-2H3. The highest BCUT2D eigenvalue weighted by molar-refractivity contribution is 7.22. The molecule has 0 saturated carbocycles. The van der Waals surface area contributed by atoms with E-state index in [1.165, 1.54) is 11.3 Å². The molecule has 0 aliphatic carbocycles. The first kappa shape index (κ1) is 23.5. The summed E-state index contributed by atoms with van der Waals surface area (Å²) in [6, 6.07) is 13.3. The van der Waals surface area contributed by atoms with E-state index < -0.39 is 0 Å². The molecule has 1 amide bonds. The van der Waals surface area contributed by atoms with Crippen LogP contribution in [-0.4, -0.2) is 43.4 Å². The summed E-state index contributed by atoms with van der Waals surface area (Å²) in [7, 11) is 0. The minimum absolute atomic E-state index is 0.0218. The van der Waals surface area contributed by atoms with Crippen LogP contribution in [0.1, 0.15) is 56.3 Å². The number of amides is 1. The summed E-state index contributed by atoms with van der Waals surface area (Å²) in [6.07, 6.45) is 5.34. The first-order valence-corrected chi connectivity index (χ1v) is 12.7. The molecule has 0 spiro atoms. The number of thiazole rings is 1. The fourth-order valence-electron chi connectivity index (χ4n) is 3.93. The molecule has 1 aliphatic rings. The molecule has 4 rings (SSSR count). The maximum atomic E-state index is 13.6. The van der Waals surface area contributed by atoms with Crippen LogP contribution in [0.25, 0.3) is 10.2 Å². The Bertz CT molecular complexity index is 1040. The Balaban J connectivity index is 1.57. The predicted octanol–water partition coefficient (Wildman–Crippen LogP) is 6.09. The average Bonchev–Trinajstić information content (AvgIpc) is 3.51. The van der Waals surface area contributed by atoms with Crippen LogP contribution in [0.3, 0.4) is 0 Å². The molecule has 7 heteroatoms. The van der Waals surface area contributed by atoms with E-state index in [2.05, 4.69) is 6.92 Å². The van der Waals surface area contributed by atoms with E-state index in [4.69, 9.17) is 19.2 Å². The lowest BCUT2D eigenvalue weighted by molar-refractivity contribution is 0.0917. The number of carbonyl (C=O) groups is 1. The third-order valence-corrected chi connectivity index (χ3v) is 6.72. The second-order valence-corrected chi connectivity index (χ2v) is 9.17. The minimum atomic E-state index is -0.0833. The first-order valence-electron chi connectivity index (χ1n) is 11.9. The minimum Gasteiger partial charge on any atom is -0.494 e. The fourth-order valence-corrected chi connectivity index (χ4v) is 4.92. The van der Waals surface area contributed by atoms with Gasteiger partial charge in [0, 0.05) is 12.2 Å². The van der Waals surface area contributed by atoms with Crippen LogP contribution in [0.15, 0.2) is 42.5 Å². The van der Waals surface area contributed by atoms with Crippen LogP contribution < -0.4 is 14.4 Å². The second-order valence-electron chi connectivity index (χ2n) is 8.16. The van der Waals surface area contributed by atoms with Crippen LogP contribution in [-0.2, 0) is 4.74 Å². The molecule has 2 aromatic carbocycles. The van der Waals surface area contributed by atoms with Gasteiger partial charge in [-0.15, -0.1) is 0 Å². The molecule has 33 heavy (non-hydrogen) atoms. The largest absolute Gasteiger partial charge is 0.494 e. The van der Waals surface area contributed by atoms with Gasteiger partial charge in [-0.2, -0.15) is 0 Å². The number of ether oxygens (including phenoxy) is 3. The van der Waals surface area contributed by atoms with Gasteiger partial charge in [-0.05, 0) is 62.6 Å². The molecule has 1 unspecified atom stereocenters. The number of rotatable bonds is 11. The summed E-state index contributed by atoms with van der Waals surface area (Å²) in [5.74, 6) is 1.45. The molecule has 176 valence electrons.